The molecule has 1 aliphatic rings. The van der Waals surface area contributed by atoms with Gasteiger partial charge in [0.2, 0.25) is 17.7 Å². The number of carbonyl (C=O) groups is 9. The fourth-order valence-electron chi connectivity index (χ4n) is 5.92. The van der Waals surface area contributed by atoms with E-state index in [-0.39, 0.29) is 43.1 Å². The molecule has 2 aromatic rings. The number of rotatable bonds is 20. The molecule has 2 aromatic carbocycles. The van der Waals surface area contributed by atoms with Gasteiger partial charge in [-0.15, -0.1) is 0 Å². The van der Waals surface area contributed by atoms with Gasteiger partial charge in [-0.05, 0) is 90.1 Å². The fourth-order valence-corrected chi connectivity index (χ4v) is 5.92. The van der Waals surface area contributed by atoms with Crippen LogP contribution in [-0.2, 0) is 49.6 Å². The molecule has 23 heteroatoms. The van der Waals surface area contributed by atoms with Crippen molar-refractivity contribution in [1.29, 1.82) is 0 Å². The number of nitrogens with zero attached hydrogens (tertiary/aromatic N) is 3. The molecular formula is C43H56N8O15. The Balaban J connectivity index is 1.80. The van der Waals surface area contributed by atoms with Gasteiger partial charge >= 0.3 is 24.2 Å². The van der Waals surface area contributed by atoms with Gasteiger partial charge in [-0.2, -0.15) is 0 Å². The number of hydrogen-bond donors (Lipinski definition) is 5. The molecule has 358 valence electrons. The van der Waals surface area contributed by atoms with E-state index in [2.05, 4.69) is 21.3 Å². The van der Waals surface area contributed by atoms with E-state index >= 15 is 0 Å². The zero-order valence-corrected chi connectivity index (χ0v) is 37.9. The van der Waals surface area contributed by atoms with Crippen molar-refractivity contribution < 1.29 is 67.0 Å². The largest absolute Gasteiger partial charge is 0.514 e. The molecule has 0 aliphatic carbocycles. The first-order chi connectivity index (χ1) is 30.7. The van der Waals surface area contributed by atoms with Crippen molar-refractivity contribution in [3.05, 3.63) is 76.4 Å². The van der Waals surface area contributed by atoms with E-state index in [0.29, 0.717) is 10.5 Å². The number of ether oxygens (including phenoxy) is 4. The molecule has 1 aliphatic heterocycles. The highest BCUT2D eigenvalue weighted by atomic mass is 16.7. The molecule has 0 radical (unpaired) electrons. The van der Waals surface area contributed by atoms with E-state index < -0.39 is 107 Å². The van der Waals surface area contributed by atoms with Gasteiger partial charge in [0.05, 0.1) is 11.5 Å². The van der Waals surface area contributed by atoms with Crippen LogP contribution in [0.1, 0.15) is 73.8 Å². The van der Waals surface area contributed by atoms with Crippen LogP contribution in [0.5, 0.6) is 5.75 Å². The Morgan fingerprint density at radius 1 is 0.818 bits per heavy atom. The Bertz CT molecular complexity index is 2150. The zero-order valence-electron chi connectivity index (χ0n) is 37.9. The van der Waals surface area contributed by atoms with Gasteiger partial charge in [-0.25, -0.2) is 14.4 Å². The summed E-state index contributed by atoms with van der Waals surface area (Å²) in [6.07, 6.45) is -0.199. The maximum Gasteiger partial charge on any atom is 0.514 e. The van der Waals surface area contributed by atoms with E-state index in [0.717, 1.165) is 29.2 Å². The van der Waals surface area contributed by atoms with Crippen molar-refractivity contribution in [3.8, 4) is 5.75 Å². The molecular weight excluding hydrogens is 869 g/mol. The number of nitro benzene ring substituents is 1. The molecule has 0 bridgehead atoms. The van der Waals surface area contributed by atoms with Gasteiger partial charge < -0.3 is 45.9 Å². The SMILES string of the molecule is CC(C)[C@H](NC(=O)[C@H](CN(CC(=O)OC(C)(C)C)C(=O)OC(C)(C)C)N1C(=O)C=CC1=O)C(=O)N[C@@H](CCCNC(N)=O)C(=O)Nc1ccc(COC(=O)Oc2ccc([N+](=O)[O-])cc2)cc1. The highest BCUT2D eigenvalue weighted by Crippen LogP contribution is 2.20. The highest BCUT2D eigenvalue weighted by Gasteiger charge is 2.41. The van der Waals surface area contributed by atoms with Crippen LogP contribution in [0.15, 0.2) is 60.7 Å². The number of carbonyl (C=O) groups excluding carboxylic acids is 9. The Morgan fingerprint density at radius 2 is 1.41 bits per heavy atom. The fraction of sp³-hybridized carbons (Fsp3) is 0.465. The highest BCUT2D eigenvalue weighted by molar-refractivity contribution is 6.15. The van der Waals surface area contributed by atoms with Crippen LogP contribution >= 0.6 is 0 Å². The lowest BCUT2D eigenvalue weighted by molar-refractivity contribution is -0.384. The number of primary amides is 1. The van der Waals surface area contributed by atoms with Crippen molar-refractivity contribution in [2.45, 2.75) is 104 Å². The lowest BCUT2D eigenvalue weighted by atomic mass is 10.0. The summed E-state index contributed by atoms with van der Waals surface area (Å²) < 4.78 is 21.0. The summed E-state index contributed by atoms with van der Waals surface area (Å²) in [6.45, 7) is 11.0. The summed E-state index contributed by atoms with van der Waals surface area (Å²) >= 11 is 0. The third-order valence-electron chi connectivity index (χ3n) is 8.92. The number of urea groups is 1. The molecule has 0 aromatic heterocycles. The van der Waals surface area contributed by atoms with Crippen LogP contribution in [0.2, 0.25) is 0 Å². The van der Waals surface area contributed by atoms with Gasteiger partial charge in [-0.3, -0.25) is 48.7 Å². The molecule has 1 heterocycles. The number of imide groups is 1. The third kappa shape index (κ3) is 17.5. The average molecular weight is 925 g/mol. The summed E-state index contributed by atoms with van der Waals surface area (Å²) in [5.74, 6) is -5.99. The zero-order chi connectivity index (χ0) is 49.5. The molecule has 6 N–H and O–H groups in total. The maximum atomic E-state index is 14.2. The topological polar surface area (TPSA) is 314 Å². The summed E-state index contributed by atoms with van der Waals surface area (Å²) in [5, 5.41) is 21.1. The molecule has 23 nitrogen and oxygen atoms in total. The second kappa shape index (κ2) is 23.4. The first-order valence-electron chi connectivity index (χ1n) is 20.6. The minimum Gasteiger partial charge on any atom is -0.459 e. The quantitative estimate of drug-likeness (QED) is 0.0242. The minimum atomic E-state index is -1.79. The monoisotopic (exact) mass is 924 g/mol. The Labute approximate surface area is 380 Å². The third-order valence-corrected chi connectivity index (χ3v) is 8.92. The molecule has 0 saturated heterocycles. The number of nitrogens with two attached hydrogens (primary N) is 1. The second-order valence-electron chi connectivity index (χ2n) is 17.1. The standard InChI is InChI=1S/C43H56N8O15/c1-25(2)35(48-37(56)31(50-32(52)19-20-33(50)53)22-49(40(59)66-43(6,7)8)23-34(54)65-42(3,4)5)38(57)47-30(10-9-21-45-39(44)58)36(55)46-27-13-11-26(12-14-27)24-63-41(60)64-29-17-15-28(16-18-29)51(61)62/h11-20,25,30-31,35H,9-10,21-24H2,1-8H3,(H,46,55)(H,47,57)(H,48,56)(H3,44,45,58)/t30-,31-,35-/m0/s1. The van der Waals surface area contributed by atoms with Gasteiger partial charge in [0, 0.05) is 36.5 Å². The number of nitro groups is 1. The molecule has 3 atom stereocenters. The van der Waals surface area contributed by atoms with Gasteiger partial charge in [0.1, 0.15) is 48.2 Å². The smallest absolute Gasteiger partial charge is 0.459 e. The molecule has 0 fully saturated rings. The summed E-state index contributed by atoms with van der Waals surface area (Å²) in [5.41, 5.74) is 3.70. The van der Waals surface area contributed by atoms with Crippen molar-refractivity contribution >= 4 is 65.2 Å². The normalized spacial score (nSPS) is 13.7. The Hall–Kier alpha value is -7.59. The van der Waals surface area contributed by atoms with E-state index in [1.807, 2.05) is 0 Å². The molecule has 8 amide bonds. The van der Waals surface area contributed by atoms with Gasteiger partial charge in [0.25, 0.3) is 17.5 Å². The van der Waals surface area contributed by atoms with E-state index in [4.69, 9.17) is 24.7 Å². The number of nitrogens with one attached hydrogen (secondary N) is 4. The van der Waals surface area contributed by atoms with Crippen LogP contribution in [-0.4, -0.2) is 117 Å². The van der Waals surface area contributed by atoms with Crippen LogP contribution in [0.25, 0.3) is 0 Å². The first-order valence-corrected chi connectivity index (χ1v) is 20.6. The molecule has 0 spiro atoms. The van der Waals surface area contributed by atoms with Gasteiger partial charge in [0.15, 0.2) is 0 Å². The van der Waals surface area contributed by atoms with Crippen molar-refractivity contribution in [1.82, 2.24) is 25.8 Å². The Morgan fingerprint density at radius 3 is 1.94 bits per heavy atom. The summed E-state index contributed by atoms with van der Waals surface area (Å²) in [7, 11) is 0. The number of esters is 1. The number of anilines is 1. The summed E-state index contributed by atoms with van der Waals surface area (Å²) in [6, 6.07) is 5.52. The van der Waals surface area contributed by atoms with Crippen LogP contribution < -0.4 is 31.7 Å². The van der Waals surface area contributed by atoms with Crippen molar-refractivity contribution in [2.24, 2.45) is 11.7 Å². The van der Waals surface area contributed by atoms with Crippen molar-refractivity contribution in [2.75, 3.05) is 25.0 Å². The molecule has 0 unspecified atom stereocenters. The number of benzene rings is 2. The predicted molar refractivity (Wildman–Crippen MR) is 233 cm³/mol. The van der Waals surface area contributed by atoms with Crippen LogP contribution in [0, 0.1) is 16.0 Å². The van der Waals surface area contributed by atoms with E-state index in [1.54, 1.807) is 55.4 Å². The predicted octanol–water partition coefficient (Wildman–Crippen LogP) is 3.20. The summed E-state index contributed by atoms with van der Waals surface area (Å²) in [4.78, 5) is 129. The molecule has 66 heavy (non-hydrogen) atoms. The van der Waals surface area contributed by atoms with Crippen molar-refractivity contribution in [3.63, 3.8) is 0 Å². The minimum absolute atomic E-state index is 0.0217. The van der Waals surface area contributed by atoms with Crippen LogP contribution in [0.4, 0.5) is 25.8 Å². The average Bonchev–Trinajstić information content (AvgIpc) is 3.54. The molecule has 0 saturated carbocycles. The van der Waals surface area contributed by atoms with E-state index in [1.165, 1.54) is 36.4 Å². The lowest BCUT2D eigenvalue weighted by Gasteiger charge is -2.34. The number of hydrogen-bond acceptors (Lipinski definition) is 15. The van der Waals surface area contributed by atoms with Crippen LogP contribution in [0.3, 0.4) is 0 Å². The van der Waals surface area contributed by atoms with Gasteiger partial charge in [-0.1, -0.05) is 26.0 Å². The number of non-ortho nitro benzene ring substituents is 1. The lowest BCUT2D eigenvalue weighted by Crippen LogP contribution is -2.61. The first kappa shape index (κ1) is 52.8. The molecule has 3 rings (SSSR count). The second-order valence-corrected chi connectivity index (χ2v) is 17.1. The van der Waals surface area contributed by atoms with E-state index in [9.17, 15) is 53.3 Å². The number of amides is 8. The maximum absolute atomic E-state index is 14.2. The Kier molecular flexibility index (Phi) is 18.7.